The molecular weight excluding hydrogens is 334 g/mol. The molecule has 1 aromatic heterocycles. The summed E-state index contributed by atoms with van der Waals surface area (Å²) in [5.41, 5.74) is 1.52. The van der Waals surface area contributed by atoms with Crippen molar-refractivity contribution in [3.05, 3.63) is 24.1 Å². The summed E-state index contributed by atoms with van der Waals surface area (Å²) in [6, 6.07) is 5.37. The number of carbonyl (C=O) groups is 2. The summed E-state index contributed by atoms with van der Waals surface area (Å²) in [5, 5.41) is 2.92. The van der Waals surface area contributed by atoms with Crippen LogP contribution in [0, 0.1) is 12.8 Å². The van der Waals surface area contributed by atoms with E-state index in [4.69, 9.17) is 9.15 Å². The van der Waals surface area contributed by atoms with Gasteiger partial charge >= 0.3 is 6.09 Å². The van der Waals surface area contributed by atoms with Gasteiger partial charge in [0.25, 0.3) is 0 Å². The summed E-state index contributed by atoms with van der Waals surface area (Å²) in [7, 11) is 0. The second-order valence-corrected chi connectivity index (χ2v) is 7.67. The first-order chi connectivity index (χ1) is 12.2. The van der Waals surface area contributed by atoms with Crippen molar-refractivity contribution in [2.75, 3.05) is 18.4 Å². The number of benzene rings is 1. The minimum absolute atomic E-state index is 0.0992. The minimum atomic E-state index is -0.544. The average molecular weight is 359 g/mol. The Morgan fingerprint density at radius 2 is 2.12 bits per heavy atom. The topological polar surface area (TPSA) is 84.7 Å². The van der Waals surface area contributed by atoms with Crippen LogP contribution < -0.4 is 5.32 Å². The predicted molar refractivity (Wildman–Crippen MR) is 97.9 cm³/mol. The quantitative estimate of drug-likeness (QED) is 0.883. The zero-order chi connectivity index (χ0) is 18.9. The molecule has 2 amide bonds. The molecule has 1 atom stereocenters. The van der Waals surface area contributed by atoms with Crippen LogP contribution in [0.2, 0.25) is 0 Å². The number of piperidine rings is 1. The first kappa shape index (κ1) is 18.2. The fourth-order valence-electron chi connectivity index (χ4n) is 3.05. The van der Waals surface area contributed by atoms with E-state index in [0.29, 0.717) is 35.8 Å². The normalized spacial score (nSPS) is 18.0. The molecule has 0 aliphatic carbocycles. The molecule has 2 aromatic rings. The fourth-order valence-corrected chi connectivity index (χ4v) is 3.05. The van der Waals surface area contributed by atoms with E-state index in [1.165, 1.54) is 0 Å². The molecule has 26 heavy (non-hydrogen) atoms. The maximum Gasteiger partial charge on any atom is 0.410 e. The number of rotatable bonds is 2. The molecule has 7 nitrogen and oxygen atoms in total. The van der Waals surface area contributed by atoms with E-state index in [1.54, 1.807) is 30.0 Å². The summed E-state index contributed by atoms with van der Waals surface area (Å²) in [6.07, 6.45) is 1.16. The van der Waals surface area contributed by atoms with Crippen molar-refractivity contribution in [1.29, 1.82) is 0 Å². The van der Waals surface area contributed by atoms with Crippen molar-refractivity contribution >= 4 is 28.8 Å². The van der Waals surface area contributed by atoms with Crippen molar-refractivity contribution in [2.24, 2.45) is 5.92 Å². The molecule has 7 heteroatoms. The van der Waals surface area contributed by atoms with Crippen LogP contribution in [0.15, 0.2) is 22.6 Å². The van der Waals surface area contributed by atoms with E-state index in [9.17, 15) is 9.59 Å². The Hall–Kier alpha value is -2.57. The fraction of sp³-hybridized carbons (Fsp3) is 0.526. The largest absolute Gasteiger partial charge is 0.444 e. The molecule has 0 bridgehead atoms. The molecule has 0 radical (unpaired) electrons. The molecule has 3 rings (SSSR count). The van der Waals surface area contributed by atoms with Gasteiger partial charge in [-0.05, 0) is 51.8 Å². The Labute approximate surface area is 152 Å². The molecule has 140 valence electrons. The third-order valence-corrected chi connectivity index (χ3v) is 4.21. The van der Waals surface area contributed by atoms with Gasteiger partial charge in [-0.15, -0.1) is 0 Å². The van der Waals surface area contributed by atoms with Gasteiger partial charge in [-0.25, -0.2) is 9.78 Å². The highest BCUT2D eigenvalue weighted by atomic mass is 16.6. The summed E-state index contributed by atoms with van der Waals surface area (Å²) in [5.74, 6) is 0.229. The maximum absolute atomic E-state index is 12.6. The Bertz CT molecular complexity index is 822. The van der Waals surface area contributed by atoms with E-state index in [1.807, 2.05) is 20.8 Å². The summed E-state index contributed by atoms with van der Waals surface area (Å²) in [6.45, 7) is 8.27. The van der Waals surface area contributed by atoms with Gasteiger partial charge in [0.15, 0.2) is 11.5 Å². The standard InChI is InChI=1S/C19H25N3O4/c1-12-20-15-10-14(7-8-16(15)25-12)21-17(23)13-6-5-9-22(11-13)18(24)26-19(2,3)4/h7-8,10,13H,5-6,9,11H2,1-4H3,(H,21,23)/t13-/m1/s1. The van der Waals surface area contributed by atoms with E-state index in [-0.39, 0.29) is 17.9 Å². The van der Waals surface area contributed by atoms with Crippen LogP contribution in [0.4, 0.5) is 10.5 Å². The average Bonchev–Trinajstić information content (AvgIpc) is 2.92. The third kappa shape index (κ3) is 4.33. The van der Waals surface area contributed by atoms with Crippen LogP contribution in [0.5, 0.6) is 0 Å². The van der Waals surface area contributed by atoms with Gasteiger partial charge in [-0.3, -0.25) is 4.79 Å². The van der Waals surface area contributed by atoms with E-state index < -0.39 is 5.60 Å². The van der Waals surface area contributed by atoms with Crippen LogP contribution in [-0.2, 0) is 9.53 Å². The van der Waals surface area contributed by atoms with Crippen LogP contribution in [0.3, 0.4) is 0 Å². The highest BCUT2D eigenvalue weighted by Gasteiger charge is 2.31. The minimum Gasteiger partial charge on any atom is -0.444 e. The molecule has 1 aromatic carbocycles. The SMILES string of the molecule is Cc1nc2cc(NC(=O)[C@@H]3CCCN(C(=O)OC(C)(C)C)C3)ccc2o1. The highest BCUT2D eigenvalue weighted by Crippen LogP contribution is 2.23. The molecule has 1 aliphatic heterocycles. The number of carbonyl (C=O) groups excluding carboxylic acids is 2. The summed E-state index contributed by atoms with van der Waals surface area (Å²) >= 11 is 0. The van der Waals surface area contributed by atoms with Gasteiger partial charge in [0.05, 0.1) is 5.92 Å². The lowest BCUT2D eigenvalue weighted by Gasteiger charge is -2.33. The predicted octanol–water partition coefficient (Wildman–Crippen LogP) is 3.72. The van der Waals surface area contributed by atoms with Gasteiger partial charge in [0, 0.05) is 25.7 Å². The van der Waals surface area contributed by atoms with Crippen LogP contribution >= 0.6 is 0 Å². The molecule has 0 unspecified atom stereocenters. The Morgan fingerprint density at radius 3 is 2.85 bits per heavy atom. The van der Waals surface area contributed by atoms with Crippen molar-refractivity contribution in [1.82, 2.24) is 9.88 Å². The zero-order valence-electron chi connectivity index (χ0n) is 15.7. The molecular formula is C19H25N3O4. The number of fused-ring (bicyclic) bond motifs is 1. The summed E-state index contributed by atoms with van der Waals surface area (Å²) in [4.78, 5) is 30.8. The zero-order valence-corrected chi connectivity index (χ0v) is 15.7. The van der Waals surface area contributed by atoms with Crippen molar-refractivity contribution in [3.8, 4) is 0 Å². The number of ether oxygens (including phenoxy) is 1. The first-order valence-corrected chi connectivity index (χ1v) is 8.87. The Morgan fingerprint density at radius 1 is 1.35 bits per heavy atom. The van der Waals surface area contributed by atoms with E-state index in [2.05, 4.69) is 10.3 Å². The second kappa shape index (κ2) is 6.97. The lowest BCUT2D eigenvalue weighted by Crippen LogP contribution is -2.45. The van der Waals surface area contributed by atoms with Crippen molar-refractivity contribution in [3.63, 3.8) is 0 Å². The molecule has 0 spiro atoms. The number of amides is 2. The molecule has 2 heterocycles. The smallest absolute Gasteiger partial charge is 0.410 e. The van der Waals surface area contributed by atoms with Gasteiger partial charge < -0.3 is 19.4 Å². The number of anilines is 1. The third-order valence-electron chi connectivity index (χ3n) is 4.21. The Balaban J connectivity index is 1.63. The van der Waals surface area contributed by atoms with Crippen LogP contribution in [-0.4, -0.2) is 40.6 Å². The number of aromatic nitrogens is 1. The van der Waals surface area contributed by atoms with E-state index in [0.717, 1.165) is 12.8 Å². The number of hydrogen-bond donors (Lipinski definition) is 1. The number of hydrogen-bond acceptors (Lipinski definition) is 5. The van der Waals surface area contributed by atoms with Gasteiger partial charge in [-0.1, -0.05) is 0 Å². The Kier molecular flexibility index (Phi) is 4.89. The monoisotopic (exact) mass is 359 g/mol. The number of nitrogens with zero attached hydrogens (tertiary/aromatic N) is 2. The number of likely N-dealkylation sites (tertiary alicyclic amines) is 1. The lowest BCUT2D eigenvalue weighted by atomic mass is 9.97. The van der Waals surface area contributed by atoms with Crippen LogP contribution in [0.25, 0.3) is 11.1 Å². The molecule has 0 saturated carbocycles. The number of oxazole rings is 1. The van der Waals surface area contributed by atoms with Crippen LogP contribution in [0.1, 0.15) is 39.5 Å². The second-order valence-electron chi connectivity index (χ2n) is 7.67. The number of nitrogens with one attached hydrogen (secondary N) is 1. The number of aryl methyl sites for hydroxylation is 1. The van der Waals surface area contributed by atoms with Gasteiger partial charge in [0.1, 0.15) is 11.1 Å². The lowest BCUT2D eigenvalue weighted by molar-refractivity contribution is -0.121. The molecule has 1 aliphatic rings. The maximum atomic E-state index is 12.6. The van der Waals surface area contributed by atoms with Crippen molar-refractivity contribution in [2.45, 2.75) is 46.1 Å². The summed E-state index contributed by atoms with van der Waals surface area (Å²) < 4.78 is 10.9. The molecule has 1 saturated heterocycles. The molecule has 1 N–H and O–H groups in total. The highest BCUT2D eigenvalue weighted by molar-refractivity contribution is 5.94. The van der Waals surface area contributed by atoms with Gasteiger partial charge in [0.2, 0.25) is 5.91 Å². The van der Waals surface area contributed by atoms with Gasteiger partial charge in [-0.2, -0.15) is 0 Å². The molecule has 1 fully saturated rings. The van der Waals surface area contributed by atoms with E-state index >= 15 is 0 Å². The van der Waals surface area contributed by atoms with Crippen molar-refractivity contribution < 1.29 is 18.7 Å². The first-order valence-electron chi connectivity index (χ1n) is 8.87.